The van der Waals surface area contributed by atoms with E-state index in [0.29, 0.717) is 49.2 Å². The summed E-state index contributed by atoms with van der Waals surface area (Å²) in [5, 5.41) is 33.7. The molecule has 33 nitrogen and oxygen atoms in total. The number of H-pyrrole nitrogens is 1. The molecule has 1 aromatic carbocycles. The number of aromatic amines is 1. The SMILES string of the molecule is C=C1C=CC(=O)N1CCCCCC(=O)N[C@H](C(=O)C[C@@H](CCCNC(N)=O)C(=O)Nc1ccc(COC(=O)Nc2ncnc3c2ncn3[C@@H]2O[C@@H]3COP(O)(=S)O[C@@H]4C(O)[C@H](n5cnc6c(=O)[nH]c(N)nc65)O[C@@H]4COP(=O)(S)OC2[C@H]3O)cc1)C(C)C. The first kappa shape index (κ1) is 65.3. The molecule has 88 heavy (non-hydrogen) atoms. The molecule has 0 spiro atoms. The number of primary amides is 1. The van der Waals surface area contributed by atoms with Gasteiger partial charge in [-0.2, -0.15) is 4.98 Å². The van der Waals surface area contributed by atoms with Crippen LogP contribution in [0.3, 0.4) is 0 Å². The second-order valence-electron chi connectivity index (χ2n) is 21.2. The molecule has 3 fully saturated rings. The number of urea groups is 1. The maximum atomic E-state index is 14.0. The fraction of sp³-hybridized carbons (Fsp3) is 0.490. The van der Waals surface area contributed by atoms with E-state index in [0.717, 1.165) is 12.7 Å². The van der Waals surface area contributed by atoms with Gasteiger partial charge in [-0.3, -0.25) is 57.0 Å². The number of thiol groups is 1. The first-order valence-electron chi connectivity index (χ1n) is 27.6. The zero-order valence-electron chi connectivity index (χ0n) is 47.2. The summed E-state index contributed by atoms with van der Waals surface area (Å²) < 4.78 is 57.0. The molecule has 12 atom stereocenters. The van der Waals surface area contributed by atoms with Gasteiger partial charge in [-0.15, -0.1) is 0 Å². The number of ether oxygens (including phenoxy) is 3. The van der Waals surface area contributed by atoms with Crippen LogP contribution < -0.4 is 38.3 Å². The number of rotatable bonds is 22. The van der Waals surface area contributed by atoms with Crippen molar-refractivity contribution < 1.29 is 80.7 Å². The zero-order valence-corrected chi connectivity index (χ0v) is 50.7. The molecule has 4 aromatic heterocycles. The van der Waals surface area contributed by atoms with Gasteiger partial charge in [-0.25, -0.2) is 34.1 Å². The maximum absolute atomic E-state index is 14.0. The number of fused-ring (bicyclic) bond motifs is 5. The summed E-state index contributed by atoms with van der Waals surface area (Å²) in [5.41, 5.74) is 11.6. The summed E-state index contributed by atoms with van der Waals surface area (Å²) in [6.07, 6.45) is -4.15. The number of allylic oxidation sites excluding steroid dienone is 1. The minimum Gasteiger partial charge on any atom is -0.444 e. The van der Waals surface area contributed by atoms with Crippen molar-refractivity contribution in [2.75, 3.05) is 42.7 Å². The smallest absolute Gasteiger partial charge is 0.413 e. The third kappa shape index (κ3) is 15.8. The van der Waals surface area contributed by atoms with Crippen LogP contribution in [0.25, 0.3) is 22.3 Å². The van der Waals surface area contributed by atoms with Gasteiger partial charge in [0.25, 0.3) is 11.5 Å². The Balaban J connectivity index is 0.797. The van der Waals surface area contributed by atoms with Crippen molar-refractivity contribution in [3.05, 3.63) is 83.6 Å². The predicted octanol–water partition coefficient (Wildman–Crippen LogP) is 2.45. The van der Waals surface area contributed by atoms with Gasteiger partial charge in [0.2, 0.25) is 17.8 Å². The normalized spacial score (nSPS) is 26.2. The number of nitrogens with one attached hydrogen (secondary N) is 5. The van der Waals surface area contributed by atoms with Crippen molar-refractivity contribution in [1.82, 2.24) is 54.6 Å². The van der Waals surface area contributed by atoms with Crippen molar-refractivity contribution in [2.45, 2.75) is 121 Å². The van der Waals surface area contributed by atoms with Crippen LogP contribution in [0.15, 0.2) is 72.5 Å². The number of aliphatic hydroxyl groups is 2. The van der Waals surface area contributed by atoms with Gasteiger partial charge >= 0.3 is 25.6 Å². The molecule has 4 aliphatic rings. The van der Waals surface area contributed by atoms with Gasteiger partial charge in [0, 0.05) is 49.3 Å². The van der Waals surface area contributed by atoms with E-state index in [-0.39, 0.29) is 90.0 Å². The first-order chi connectivity index (χ1) is 41.8. The highest BCUT2D eigenvalue weighted by atomic mass is 32.7. The molecule has 0 saturated carbocycles. The highest BCUT2D eigenvalue weighted by molar-refractivity contribution is 8.44. The highest BCUT2D eigenvalue weighted by Crippen LogP contribution is 2.58. The molecule has 4 aliphatic heterocycles. The van der Waals surface area contributed by atoms with Gasteiger partial charge in [0.05, 0.1) is 31.9 Å². The molecule has 37 heteroatoms. The van der Waals surface area contributed by atoms with Crippen LogP contribution in [-0.2, 0) is 74.5 Å². The number of nitrogens with zero attached hydrogens (tertiary/aromatic N) is 8. The topological polar surface area (TPSA) is 455 Å². The molecule has 5 aromatic rings. The lowest BCUT2D eigenvalue weighted by Gasteiger charge is -2.27. The van der Waals surface area contributed by atoms with Gasteiger partial charge in [-0.05, 0) is 67.2 Å². The fourth-order valence-corrected chi connectivity index (χ4v) is 13.1. The summed E-state index contributed by atoms with van der Waals surface area (Å²) in [5.74, 6) is -2.83. The standard InChI is InChI=1S/C51H65N15O18P2S2/c1-25(2)35(60-33(68)9-5-4-6-17-64-26(3)10-15-34(64)69)30(67)18-28(8-7-16-54-50(53)74)45(72)59-29-13-11-27(12-14-29)19-78-51(75)61-42-36-43(56-22-55-42)65(23-57-36)48-41-38(70)31(81-48)20-79-85(76,87)83-40-32(21-80-86(77,88)84-41)82-47(39(40)71)66-24-58-37-44(66)62-49(52)63-46(37)73/h10-15,22-25,28,31-32,35,38-41,47-48,70-71H,3-9,16-21H2,1-2H3,(H,59,72)(H,60,68)(H,76,87)(H,77,88)(H3,53,54,74)(H3,52,62,63,73)(H,55,56,61,75)/t28-,31-,32-,35+,38+,39?,40+,41?,47-,48-,85?,86?/m1/s1. The number of carbonyl (C=O) groups excluding carboxylic acids is 6. The molecule has 9 rings (SSSR count). The number of benzene rings is 1. The number of nitrogens with two attached hydrogens (primary N) is 2. The van der Waals surface area contributed by atoms with Crippen LogP contribution in [0.5, 0.6) is 0 Å². The van der Waals surface area contributed by atoms with E-state index in [2.05, 4.69) is 70.0 Å². The van der Waals surface area contributed by atoms with Gasteiger partial charge in [-0.1, -0.05) is 51.2 Å². The number of anilines is 3. The molecule has 4 unspecified atom stereocenters. The third-order valence-electron chi connectivity index (χ3n) is 14.6. The van der Waals surface area contributed by atoms with E-state index in [1.165, 1.54) is 21.5 Å². The average Bonchev–Trinajstić information content (AvgIpc) is 3.04. The number of hydrogen-bond donors (Lipinski definition) is 11. The zero-order chi connectivity index (χ0) is 63.2. The third-order valence-corrected chi connectivity index (χ3v) is 17.8. The Hall–Kier alpha value is -7.11. The molecule has 12 N–H and O–H groups in total. The number of aliphatic hydroxyl groups excluding tert-OH is 2. The van der Waals surface area contributed by atoms with Crippen molar-refractivity contribution in [1.29, 1.82) is 0 Å². The highest BCUT2D eigenvalue weighted by Gasteiger charge is 2.53. The van der Waals surface area contributed by atoms with E-state index >= 15 is 0 Å². The Morgan fingerprint density at radius 1 is 0.898 bits per heavy atom. The Morgan fingerprint density at radius 3 is 2.33 bits per heavy atom. The molecule has 474 valence electrons. The van der Waals surface area contributed by atoms with Gasteiger partial charge < -0.3 is 66.2 Å². The van der Waals surface area contributed by atoms with Crippen LogP contribution in [-0.4, -0.2) is 164 Å². The lowest BCUT2D eigenvalue weighted by Crippen LogP contribution is -2.45. The minimum absolute atomic E-state index is 0.00421. The number of ketones is 1. The maximum Gasteiger partial charge on any atom is 0.413 e. The Morgan fingerprint density at radius 2 is 1.61 bits per heavy atom. The predicted molar refractivity (Wildman–Crippen MR) is 317 cm³/mol. The summed E-state index contributed by atoms with van der Waals surface area (Å²) >= 11 is 9.47. The van der Waals surface area contributed by atoms with Crippen LogP contribution in [0, 0.1) is 11.8 Å². The molecule has 6 amide bonds. The molecular formula is C51H65N15O18P2S2. The summed E-state index contributed by atoms with van der Waals surface area (Å²) in [6.45, 7) is -2.45. The lowest BCUT2D eigenvalue weighted by atomic mass is 9.89. The number of carbonyl (C=O) groups is 6. The summed E-state index contributed by atoms with van der Waals surface area (Å²) in [4.78, 5) is 126. The monoisotopic (exact) mass is 1300 g/mol. The first-order valence-corrected chi connectivity index (χ1v) is 32.9. The van der Waals surface area contributed by atoms with E-state index in [1.54, 1.807) is 49.1 Å². The molecule has 8 heterocycles. The number of unbranched alkanes of at least 4 members (excludes halogenated alkanes) is 2. The van der Waals surface area contributed by atoms with Crippen molar-refractivity contribution in [3.8, 4) is 0 Å². The van der Waals surface area contributed by atoms with Crippen molar-refractivity contribution in [2.24, 2.45) is 17.6 Å². The molecule has 2 bridgehead atoms. The lowest BCUT2D eigenvalue weighted by molar-refractivity contribution is -0.131. The molecule has 0 aliphatic carbocycles. The minimum atomic E-state index is -4.55. The number of imidazole rings is 2. The number of Topliss-reactive ketones (excluding diaryl/α,β-unsaturated/α-hetero) is 1. The van der Waals surface area contributed by atoms with E-state index in [1.807, 2.05) is 0 Å². The van der Waals surface area contributed by atoms with Crippen molar-refractivity contribution >= 4 is 113 Å². The van der Waals surface area contributed by atoms with Crippen molar-refractivity contribution in [3.63, 3.8) is 0 Å². The Labute approximate surface area is 510 Å². The van der Waals surface area contributed by atoms with Gasteiger partial charge in [0.15, 0.2) is 46.4 Å². The molecule has 3 saturated heterocycles. The van der Waals surface area contributed by atoms with E-state index in [4.69, 9.17) is 55.6 Å². The number of aromatic nitrogens is 8. The summed E-state index contributed by atoms with van der Waals surface area (Å²) in [6, 6.07) is 4.70. The van der Waals surface area contributed by atoms with Crippen LogP contribution in [0.4, 0.5) is 27.0 Å². The van der Waals surface area contributed by atoms with Crippen LogP contribution >= 0.6 is 25.8 Å². The van der Waals surface area contributed by atoms with Gasteiger partial charge in [0.1, 0.15) is 49.6 Å². The molecular weight excluding hydrogens is 1240 g/mol. The van der Waals surface area contributed by atoms with E-state index in [9.17, 15) is 53.2 Å². The summed E-state index contributed by atoms with van der Waals surface area (Å²) in [7, 11) is 0. The quantitative estimate of drug-likeness (QED) is 0.0269. The van der Waals surface area contributed by atoms with Crippen LogP contribution in [0.1, 0.15) is 76.8 Å². The molecule has 0 radical (unpaired) electrons. The van der Waals surface area contributed by atoms with Crippen LogP contribution in [0.2, 0.25) is 0 Å². The second-order valence-corrected chi connectivity index (χ2v) is 26.9. The second kappa shape index (κ2) is 28.2. The fourth-order valence-electron chi connectivity index (χ4n) is 10.2. The average molecular weight is 1300 g/mol. The van der Waals surface area contributed by atoms with E-state index < -0.39 is 111 Å². The Bertz CT molecular complexity index is 3630. The number of nitrogen functional groups attached to an aromatic ring is 1. The largest absolute Gasteiger partial charge is 0.444 e. The Kier molecular flexibility index (Phi) is 20.9. The number of amides is 6. The number of hydrogen-bond acceptors (Lipinski definition) is 24.